The average Bonchev–Trinajstić information content (AvgIpc) is 2.26. The summed E-state index contributed by atoms with van der Waals surface area (Å²) in [5.41, 5.74) is 0.620. The number of hydrogen-bond donors (Lipinski definition) is 0. The van der Waals surface area contributed by atoms with E-state index in [0.717, 1.165) is 12.8 Å². The molecule has 82 valence electrons. The van der Waals surface area contributed by atoms with E-state index in [0.29, 0.717) is 16.7 Å². The Morgan fingerprint density at radius 3 is 2.88 bits per heavy atom. The lowest BCUT2D eigenvalue weighted by molar-refractivity contribution is 0.122. The molecule has 1 aromatic carbocycles. The minimum atomic E-state index is -0.246. The van der Waals surface area contributed by atoms with Gasteiger partial charge < -0.3 is 4.74 Å². The van der Waals surface area contributed by atoms with Crippen molar-refractivity contribution < 1.29 is 9.13 Å². The third-order valence-corrected chi connectivity index (χ3v) is 3.03. The van der Waals surface area contributed by atoms with E-state index >= 15 is 0 Å². The van der Waals surface area contributed by atoms with Gasteiger partial charge in [0, 0.05) is 11.6 Å². The van der Waals surface area contributed by atoms with Gasteiger partial charge in [0.2, 0.25) is 0 Å². The summed E-state index contributed by atoms with van der Waals surface area (Å²) in [5, 5.41) is 0.527. The molecule has 0 unspecified atom stereocenters. The quantitative estimate of drug-likeness (QED) is 0.770. The number of aromatic nitrogens is 1. The van der Waals surface area contributed by atoms with Crippen LogP contribution in [0.1, 0.15) is 19.3 Å². The highest BCUT2D eigenvalue weighted by atomic mass is 19.1. The van der Waals surface area contributed by atoms with Crippen LogP contribution in [-0.4, -0.2) is 11.1 Å². The monoisotopic (exact) mass is 217 g/mol. The molecule has 1 fully saturated rings. The van der Waals surface area contributed by atoms with Crippen LogP contribution in [0.2, 0.25) is 0 Å². The first kappa shape index (κ1) is 9.58. The molecule has 0 saturated heterocycles. The summed E-state index contributed by atoms with van der Waals surface area (Å²) in [6.45, 7) is 0. The zero-order valence-corrected chi connectivity index (χ0v) is 8.82. The van der Waals surface area contributed by atoms with E-state index in [1.807, 2.05) is 0 Å². The van der Waals surface area contributed by atoms with Gasteiger partial charge in [0.25, 0.3) is 0 Å². The Kier molecular flexibility index (Phi) is 2.24. The highest BCUT2D eigenvalue weighted by molar-refractivity contribution is 5.84. The Labute approximate surface area is 93.1 Å². The highest BCUT2D eigenvalue weighted by Gasteiger charge is 2.20. The maximum absolute atomic E-state index is 13.5. The van der Waals surface area contributed by atoms with Crippen LogP contribution in [0.5, 0.6) is 5.75 Å². The summed E-state index contributed by atoms with van der Waals surface area (Å²) in [5.74, 6) is 0.450. The van der Waals surface area contributed by atoms with Gasteiger partial charge in [-0.3, -0.25) is 4.98 Å². The summed E-state index contributed by atoms with van der Waals surface area (Å²) in [4.78, 5) is 4.19. The first-order chi connectivity index (χ1) is 7.84. The number of nitrogens with zero attached hydrogens (tertiary/aromatic N) is 1. The zero-order chi connectivity index (χ0) is 11.0. The fourth-order valence-electron chi connectivity index (χ4n) is 1.88. The van der Waals surface area contributed by atoms with Gasteiger partial charge >= 0.3 is 0 Å². The molecule has 0 spiro atoms. The van der Waals surface area contributed by atoms with E-state index in [-0.39, 0.29) is 11.9 Å². The molecule has 1 aliphatic rings. The molecule has 1 saturated carbocycles. The lowest BCUT2D eigenvalue weighted by Gasteiger charge is -2.26. The third-order valence-electron chi connectivity index (χ3n) is 3.03. The van der Waals surface area contributed by atoms with Crippen LogP contribution >= 0.6 is 0 Å². The highest BCUT2D eigenvalue weighted by Crippen LogP contribution is 2.30. The number of halogens is 1. The van der Waals surface area contributed by atoms with E-state index in [1.54, 1.807) is 24.4 Å². The van der Waals surface area contributed by atoms with Crippen LogP contribution in [0.3, 0.4) is 0 Å². The Balaban J connectivity index is 2.06. The molecule has 1 heterocycles. The van der Waals surface area contributed by atoms with E-state index in [1.165, 1.54) is 12.5 Å². The van der Waals surface area contributed by atoms with Gasteiger partial charge in [-0.25, -0.2) is 4.39 Å². The fraction of sp³-hybridized carbons (Fsp3) is 0.308. The summed E-state index contributed by atoms with van der Waals surface area (Å²) < 4.78 is 19.3. The lowest BCUT2D eigenvalue weighted by atomic mass is 9.96. The van der Waals surface area contributed by atoms with Crippen LogP contribution < -0.4 is 4.74 Å². The Bertz CT molecular complexity index is 522. The second-order valence-corrected chi connectivity index (χ2v) is 4.12. The average molecular weight is 217 g/mol. The molecule has 1 aromatic heterocycles. The number of ether oxygens (including phenoxy) is 1. The van der Waals surface area contributed by atoms with Crippen LogP contribution in [0, 0.1) is 5.82 Å². The summed E-state index contributed by atoms with van der Waals surface area (Å²) in [6.07, 6.45) is 5.35. The Morgan fingerprint density at radius 1 is 1.25 bits per heavy atom. The SMILES string of the molecule is Fc1ccc(OC2CCC2)c2ncccc12. The molecule has 2 aromatic rings. The molecule has 2 nitrogen and oxygen atoms in total. The van der Waals surface area contributed by atoms with Gasteiger partial charge in [-0.1, -0.05) is 0 Å². The Hall–Kier alpha value is -1.64. The van der Waals surface area contributed by atoms with Crippen LogP contribution in [0.25, 0.3) is 10.9 Å². The van der Waals surface area contributed by atoms with Gasteiger partial charge in [0.05, 0.1) is 6.10 Å². The first-order valence-electron chi connectivity index (χ1n) is 5.54. The number of fused-ring (bicyclic) bond motifs is 1. The predicted octanol–water partition coefficient (Wildman–Crippen LogP) is 3.31. The Morgan fingerprint density at radius 2 is 2.12 bits per heavy atom. The van der Waals surface area contributed by atoms with Crippen LogP contribution in [0.15, 0.2) is 30.5 Å². The van der Waals surface area contributed by atoms with Crippen molar-refractivity contribution in [3.05, 3.63) is 36.3 Å². The molecule has 0 N–H and O–H groups in total. The van der Waals surface area contributed by atoms with Gasteiger partial charge in [0.15, 0.2) is 0 Å². The molecular weight excluding hydrogens is 205 g/mol. The van der Waals surface area contributed by atoms with Crippen LogP contribution in [0.4, 0.5) is 4.39 Å². The van der Waals surface area contributed by atoms with Crippen molar-refractivity contribution in [1.82, 2.24) is 4.98 Å². The maximum Gasteiger partial charge on any atom is 0.146 e. The third kappa shape index (κ3) is 1.52. The number of pyridine rings is 1. The van der Waals surface area contributed by atoms with Gasteiger partial charge in [-0.15, -0.1) is 0 Å². The number of hydrogen-bond acceptors (Lipinski definition) is 2. The van der Waals surface area contributed by atoms with Gasteiger partial charge in [-0.2, -0.15) is 0 Å². The minimum Gasteiger partial charge on any atom is -0.488 e. The van der Waals surface area contributed by atoms with Crippen molar-refractivity contribution in [2.45, 2.75) is 25.4 Å². The van der Waals surface area contributed by atoms with E-state index < -0.39 is 0 Å². The molecule has 3 heteroatoms. The maximum atomic E-state index is 13.5. The standard InChI is InChI=1S/C13H12FNO/c14-11-6-7-12(16-9-3-1-4-9)13-10(11)5-2-8-15-13/h2,5-9H,1,3-4H2. The van der Waals surface area contributed by atoms with Crippen molar-refractivity contribution >= 4 is 10.9 Å². The van der Waals surface area contributed by atoms with E-state index in [9.17, 15) is 4.39 Å². The summed E-state index contributed by atoms with van der Waals surface area (Å²) in [7, 11) is 0. The second-order valence-electron chi connectivity index (χ2n) is 4.12. The summed E-state index contributed by atoms with van der Waals surface area (Å²) in [6, 6.07) is 6.57. The second kappa shape index (κ2) is 3.74. The van der Waals surface area contributed by atoms with Crippen LogP contribution in [-0.2, 0) is 0 Å². The van der Waals surface area contributed by atoms with Crippen molar-refractivity contribution in [2.75, 3.05) is 0 Å². The minimum absolute atomic E-state index is 0.246. The molecular formula is C13H12FNO. The topological polar surface area (TPSA) is 22.1 Å². The van der Waals surface area contributed by atoms with Crippen molar-refractivity contribution in [3.8, 4) is 5.75 Å². The zero-order valence-electron chi connectivity index (χ0n) is 8.82. The largest absolute Gasteiger partial charge is 0.488 e. The lowest BCUT2D eigenvalue weighted by Crippen LogP contribution is -2.24. The first-order valence-corrected chi connectivity index (χ1v) is 5.54. The van der Waals surface area contributed by atoms with Gasteiger partial charge in [-0.05, 0) is 43.5 Å². The van der Waals surface area contributed by atoms with Crippen molar-refractivity contribution in [3.63, 3.8) is 0 Å². The van der Waals surface area contributed by atoms with E-state index in [2.05, 4.69) is 4.98 Å². The van der Waals surface area contributed by atoms with Crippen molar-refractivity contribution in [2.24, 2.45) is 0 Å². The summed E-state index contributed by atoms with van der Waals surface area (Å²) >= 11 is 0. The molecule has 0 radical (unpaired) electrons. The number of rotatable bonds is 2. The molecule has 0 bridgehead atoms. The molecule has 0 aliphatic heterocycles. The molecule has 1 aliphatic carbocycles. The number of benzene rings is 1. The van der Waals surface area contributed by atoms with E-state index in [4.69, 9.17) is 4.74 Å². The molecule has 16 heavy (non-hydrogen) atoms. The molecule has 0 atom stereocenters. The van der Waals surface area contributed by atoms with Gasteiger partial charge in [0.1, 0.15) is 17.1 Å². The normalized spacial score (nSPS) is 16.1. The fourth-order valence-corrected chi connectivity index (χ4v) is 1.88. The molecule has 0 amide bonds. The smallest absolute Gasteiger partial charge is 0.146 e. The van der Waals surface area contributed by atoms with Crippen molar-refractivity contribution in [1.29, 1.82) is 0 Å². The molecule has 3 rings (SSSR count). The predicted molar refractivity (Wildman–Crippen MR) is 60.0 cm³/mol.